The van der Waals surface area contributed by atoms with Gasteiger partial charge in [0.25, 0.3) is 0 Å². The summed E-state index contributed by atoms with van der Waals surface area (Å²) in [6.07, 6.45) is -11.2. The Balaban J connectivity index is 1.56. The summed E-state index contributed by atoms with van der Waals surface area (Å²) in [4.78, 5) is 28.9. The molecule has 8 nitrogen and oxygen atoms in total. The Morgan fingerprint density at radius 1 is 0.975 bits per heavy atom. The Labute approximate surface area is 226 Å². The van der Waals surface area contributed by atoms with E-state index in [2.05, 4.69) is 0 Å². The first-order valence-corrected chi connectivity index (χ1v) is 12.5. The van der Waals surface area contributed by atoms with Crippen molar-refractivity contribution >= 4 is 11.8 Å². The standard InChI is InChI=1S/C26H28F6N4O4/c27-25(28,29)19-10-18(11-20(12-19)26(30,31)32)15-40-16-36(39)9-7-23(37)35-21(6-8-33)24(38)34(14-22(35)36)13-17-4-2-1-3-5-17/h1-5,10-12,21-22H,6-9,13-16,33H2/t21-,22-,36?/m0/s1. The molecule has 2 aromatic rings. The zero-order valence-electron chi connectivity index (χ0n) is 21.3. The van der Waals surface area contributed by atoms with Crippen molar-refractivity contribution in [2.75, 3.05) is 26.4 Å². The lowest BCUT2D eigenvalue weighted by Crippen LogP contribution is -2.75. The average Bonchev–Trinajstić information content (AvgIpc) is 2.88. The number of carbonyl (C=O) groups is 2. The van der Waals surface area contributed by atoms with Crippen LogP contribution in [0.5, 0.6) is 0 Å². The summed E-state index contributed by atoms with van der Waals surface area (Å²) < 4.78 is 83.6. The summed E-state index contributed by atoms with van der Waals surface area (Å²) in [6, 6.07) is 9.09. The molecule has 0 aliphatic carbocycles. The Morgan fingerprint density at radius 3 is 2.17 bits per heavy atom. The molecule has 218 valence electrons. The van der Waals surface area contributed by atoms with Gasteiger partial charge in [-0.2, -0.15) is 26.3 Å². The van der Waals surface area contributed by atoms with Crippen LogP contribution in [0.15, 0.2) is 48.5 Å². The predicted molar refractivity (Wildman–Crippen MR) is 129 cm³/mol. The molecule has 1 unspecified atom stereocenters. The molecular weight excluding hydrogens is 546 g/mol. The van der Waals surface area contributed by atoms with Crippen LogP contribution in [0.2, 0.25) is 0 Å². The molecule has 2 heterocycles. The van der Waals surface area contributed by atoms with Gasteiger partial charge in [-0.15, -0.1) is 0 Å². The number of quaternary nitrogens is 1. The van der Waals surface area contributed by atoms with Crippen molar-refractivity contribution in [1.82, 2.24) is 9.80 Å². The van der Waals surface area contributed by atoms with E-state index in [0.717, 1.165) is 5.56 Å². The molecule has 2 saturated heterocycles. The first-order chi connectivity index (χ1) is 18.7. The predicted octanol–water partition coefficient (Wildman–Crippen LogP) is 3.83. The highest BCUT2D eigenvalue weighted by molar-refractivity contribution is 5.89. The van der Waals surface area contributed by atoms with Gasteiger partial charge >= 0.3 is 12.4 Å². The highest BCUT2D eigenvalue weighted by Crippen LogP contribution is 2.37. The maximum absolute atomic E-state index is 14.0. The highest BCUT2D eigenvalue weighted by atomic mass is 19.4. The van der Waals surface area contributed by atoms with Crippen LogP contribution in [0.1, 0.15) is 35.1 Å². The first-order valence-electron chi connectivity index (χ1n) is 12.5. The second-order valence-electron chi connectivity index (χ2n) is 9.90. The summed E-state index contributed by atoms with van der Waals surface area (Å²) >= 11 is 0. The van der Waals surface area contributed by atoms with E-state index in [1.807, 2.05) is 0 Å². The van der Waals surface area contributed by atoms with E-state index in [-0.39, 0.29) is 51.0 Å². The number of halogens is 6. The lowest BCUT2D eigenvalue weighted by molar-refractivity contribution is -0.937. The van der Waals surface area contributed by atoms with E-state index in [1.165, 1.54) is 9.80 Å². The normalized spacial score (nSPS) is 23.9. The Bertz CT molecular complexity index is 1190. The number of ether oxygens (including phenoxy) is 1. The molecule has 40 heavy (non-hydrogen) atoms. The van der Waals surface area contributed by atoms with Crippen LogP contribution in [0.4, 0.5) is 26.3 Å². The van der Waals surface area contributed by atoms with Crippen LogP contribution < -0.4 is 5.73 Å². The Morgan fingerprint density at radius 2 is 1.60 bits per heavy atom. The average molecular weight is 575 g/mol. The molecule has 2 fully saturated rings. The molecule has 2 aliphatic rings. The van der Waals surface area contributed by atoms with E-state index in [0.29, 0.717) is 12.1 Å². The monoisotopic (exact) mass is 574 g/mol. The van der Waals surface area contributed by atoms with Crippen LogP contribution >= 0.6 is 0 Å². The van der Waals surface area contributed by atoms with E-state index in [1.54, 1.807) is 30.3 Å². The smallest absolute Gasteiger partial charge is 0.416 e. The zero-order chi connectivity index (χ0) is 29.3. The van der Waals surface area contributed by atoms with Crippen molar-refractivity contribution in [3.63, 3.8) is 0 Å². The number of hydroxylamine groups is 3. The number of carbonyl (C=O) groups excluding carboxylic acids is 2. The second-order valence-corrected chi connectivity index (χ2v) is 9.90. The van der Waals surface area contributed by atoms with Crippen molar-refractivity contribution in [2.45, 2.75) is 50.6 Å². The number of hydrogen-bond donors (Lipinski definition) is 1. The highest BCUT2D eigenvalue weighted by Gasteiger charge is 2.52. The maximum atomic E-state index is 14.0. The molecule has 4 rings (SSSR count). The molecule has 2 aromatic carbocycles. The van der Waals surface area contributed by atoms with Crippen molar-refractivity contribution in [2.24, 2.45) is 5.73 Å². The van der Waals surface area contributed by atoms with Gasteiger partial charge in [-0.25, -0.2) is 0 Å². The number of amides is 2. The SMILES string of the molecule is NCC[C@H]1C(=O)N(Cc2ccccc2)C[C@H]2N1C(=O)CC[N+]2([O-])COCc1cc(C(F)(F)F)cc(C(F)(F)F)c1. The fraction of sp³-hybridized carbons (Fsp3) is 0.462. The van der Waals surface area contributed by atoms with Gasteiger partial charge in [0.1, 0.15) is 6.04 Å². The third-order valence-corrected chi connectivity index (χ3v) is 7.05. The third kappa shape index (κ3) is 6.40. The number of piperazine rings is 1. The number of benzene rings is 2. The van der Waals surface area contributed by atoms with Gasteiger partial charge in [0.2, 0.25) is 11.8 Å². The Kier molecular flexibility index (Phi) is 8.45. The van der Waals surface area contributed by atoms with E-state index in [9.17, 15) is 41.1 Å². The van der Waals surface area contributed by atoms with Gasteiger partial charge in [-0.05, 0) is 42.3 Å². The van der Waals surface area contributed by atoms with Crippen LogP contribution in [0.3, 0.4) is 0 Å². The van der Waals surface area contributed by atoms with E-state index < -0.39 is 65.1 Å². The summed E-state index contributed by atoms with van der Waals surface area (Å²) in [5.74, 6) is -0.773. The Hall–Kier alpha value is -3.20. The number of fused-ring (bicyclic) bond motifs is 1. The number of hydrogen-bond acceptors (Lipinski definition) is 5. The van der Waals surface area contributed by atoms with Crippen LogP contribution in [-0.2, 0) is 39.8 Å². The van der Waals surface area contributed by atoms with Gasteiger partial charge in [0, 0.05) is 6.54 Å². The lowest BCUT2D eigenvalue weighted by atomic mass is 10.0. The molecule has 2 N–H and O–H groups in total. The van der Waals surface area contributed by atoms with Crippen molar-refractivity contribution in [1.29, 1.82) is 0 Å². The molecular formula is C26H28F6N4O4. The van der Waals surface area contributed by atoms with E-state index in [4.69, 9.17) is 10.5 Å². The minimum atomic E-state index is -5.02. The largest absolute Gasteiger partial charge is 0.630 e. The second kappa shape index (κ2) is 11.4. The maximum Gasteiger partial charge on any atom is 0.416 e. The summed E-state index contributed by atoms with van der Waals surface area (Å²) in [6.45, 7) is -1.49. The molecule has 14 heteroatoms. The van der Waals surface area contributed by atoms with Gasteiger partial charge < -0.3 is 25.2 Å². The minimum absolute atomic E-state index is 0.0111. The third-order valence-electron chi connectivity index (χ3n) is 7.05. The zero-order valence-corrected chi connectivity index (χ0v) is 21.3. The molecule has 0 bridgehead atoms. The first kappa shape index (κ1) is 29.8. The molecule has 0 radical (unpaired) electrons. The molecule has 0 saturated carbocycles. The lowest BCUT2D eigenvalue weighted by Gasteiger charge is -2.58. The van der Waals surface area contributed by atoms with Gasteiger partial charge in [-0.3, -0.25) is 14.5 Å². The van der Waals surface area contributed by atoms with Gasteiger partial charge in [0.15, 0.2) is 12.9 Å². The summed E-state index contributed by atoms with van der Waals surface area (Å²) in [5, 5.41) is 14.0. The molecule has 0 aromatic heterocycles. The van der Waals surface area contributed by atoms with Crippen LogP contribution in [-0.4, -0.2) is 64.8 Å². The molecule has 0 spiro atoms. The fourth-order valence-corrected chi connectivity index (χ4v) is 5.13. The van der Waals surface area contributed by atoms with Crippen LogP contribution in [0.25, 0.3) is 0 Å². The summed E-state index contributed by atoms with van der Waals surface area (Å²) in [5.41, 5.74) is 3.11. The topological polar surface area (TPSA) is 98.9 Å². The van der Waals surface area contributed by atoms with Gasteiger partial charge in [0.05, 0.1) is 37.2 Å². The molecule has 2 aliphatic heterocycles. The van der Waals surface area contributed by atoms with Crippen molar-refractivity contribution < 1.29 is 45.3 Å². The van der Waals surface area contributed by atoms with Crippen molar-refractivity contribution in [3.8, 4) is 0 Å². The van der Waals surface area contributed by atoms with Gasteiger partial charge in [-0.1, -0.05) is 30.3 Å². The fourth-order valence-electron chi connectivity index (χ4n) is 5.13. The minimum Gasteiger partial charge on any atom is -0.630 e. The van der Waals surface area contributed by atoms with Crippen LogP contribution in [0, 0.1) is 5.21 Å². The van der Waals surface area contributed by atoms with E-state index >= 15 is 0 Å². The molecule has 2 amide bonds. The number of alkyl halides is 6. The summed E-state index contributed by atoms with van der Waals surface area (Å²) in [7, 11) is 0. The molecule has 3 atom stereocenters. The number of nitrogens with two attached hydrogens (primary N) is 1. The number of rotatable bonds is 8. The quantitative estimate of drug-likeness (QED) is 0.294. The number of nitrogens with zero attached hydrogens (tertiary/aromatic N) is 3. The van der Waals surface area contributed by atoms with Crippen molar-refractivity contribution in [3.05, 3.63) is 76.0 Å².